The SMILES string of the molecule is CCc1ccccc1NCC(=O)N(C)C1CC1. The Morgan fingerprint density at radius 1 is 1.41 bits per heavy atom. The molecule has 0 spiro atoms. The number of carbonyl (C=O) groups is 1. The second-order valence-electron chi connectivity index (χ2n) is 4.60. The molecule has 0 heterocycles. The largest absolute Gasteiger partial charge is 0.376 e. The van der Waals surface area contributed by atoms with Crippen molar-refractivity contribution in [1.82, 2.24) is 4.90 Å². The van der Waals surface area contributed by atoms with Gasteiger partial charge in [0.15, 0.2) is 0 Å². The number of anilines is 1. The van der Waals surface area contributed by atoms with Crippen LogP contribution in [0.1, 0.15) is 25.3 Å². The summed E-state index contributed by atoms with van der Waals surface area (Å²) in [7, 11) is 1.90. The predicted octanol–water partition coefficient (Wildman–Crippen LogP) is 2.28. The highest BCUT2D eigenvalue weighted by atomic mass is 16.2. The van der Waals surface area contributed by atoms with E-state index in [-0.39, 0.29) is 5.91 Å². The summed E-state index contributed by atoms with van der Waals surface area (Å²) < 4.78 is 0. The van der Waals surface area contributed by atoms with Crippen LogP contribution in [0.2, 0.25) is 0 Å². The minimum atomic E-state index is 0.179. The summed E-state index contributed by atoms with van der Waals surface area (Å²) in [5, 5.41) is 3.24. The van der Waals surface area contributed by atoms with Gasteiger partial charge in [0.25, 0.3) is 0 Å². The van der Waals surface area contributed by atoms with Crippen LogP contribution < -0.4 is 5.32 Å². The van der Waals surface area contributed by atoms with Gasteiger partial charge in [-0.3, -0.25) is 4.79 Å². The van der Waals surface area contributed by atoms with Gasteiger partial charge in [0.05, 0.1) is 6.54 Å². The van der Waals surface area contributed by atoms with Crippen molar-refractivity contribution in [2.45, 2.75) is 32.2 Å². The highest BCUT2D eigenvalue weighted by Crippen LogP contribution is 2.25. The molecule has 0 aromatic heterocycles. The van der Waals surface area contributed by atoms with Crippen molar-refractivity contribution in [1.29, 1.82) is 0 Å². The molecule has 3 heteroatoms. The average molecular weight is 232 g/mol. The molecule has 17 heavy (non-hydrogen) atoms. The first-order valence-electron chi connectivity index (χ1n) is 6.29. The maximum Gasteiger partial charge on any atom is 0.241 e. The van der Waals surface area contributed by atoms with Gasteiger partial charge in [-0.05, 0) is 30.9 Å². The molecule has 0 unspecified atom stereocenters. The van der Waals surface area contributed by atoms with Crippen LogP contribution in [0, 0.1) is 0 Å². The highest BCUT2D eigenvalue weighted by molar-refractivity contribution is 5.81. The zero-order valence-electron chi connectivity index (χ0n) is 10.6. The molecule has 1 aliphatic carbocycles. The van der Waals surface area contributed by atoms with Gasteiger partial charge >= 0.3 is 0 Å². The zero-order chi connectivity index (χ0) is 12.3. The smallest absolute Gasteiger partial charge is 0.241 e. The number of hydrogen-bond acceptors (Lipinski definition) is 2. The van der Waals surface area contributed by atoms with Gasteiger partial charge in [-0.25, -0.2) is 0 Å². The summed E-state index contributed by atoms with van der Waals surface area (Å²) in [6, 6.07) is 8.64. The Labute approximate surface area is 103 Å². The van der Waals surface area contributed by atoms with E-state index in [2.05, 4.69) is 18.3 Å². The minimum Gasteiger partial charge on any atom is -0.376 e. The van der Waals surface area contributed by atoms with Crippen LogP contribution in [-0.2, 0) is 11.2 Å². The van der Waals surface area contributed by atoms with Crippen LogP contribution in [0.3, 0.4) is 0 Å². The van der Waals surface area contributed by atoms with Gasteiger partial charge in [-0.15, -0.1) is 0 Å². The van der Waals surface area contributed by atoms with Crippen molar-refractivity contribution in [3.8, 4) is 0 Å². The number of nitrogens with zero attached hydrogens (tertiary/aromatic N) is 1. The van der Waals surface area contributed by atoms with Crippen molar-refractivity contribution in [2.75, 3.05) is 18.9 Å². The van der Waals surface area contributed by atoms with Crippen molar-refractivity contribution < 1.29 is 4.79 Å². The molecule has 0 radical (unpaired) electrons. The summed E-state index contributed by atoms with van der Waals surface area (Å²) in [4.78, 5) is 13.7. The molecule has 1 saturated carbocycles. The number of aryl methyl sites for hydroxylation is 1. The third-order valence-corrected chi connectivity index (χ3v) is 3.32. The van der Waals surface area contributed by atoms with Crippen molar-refractivity contribution >= 4 is 11.6 Å². The molecule has 1 fully saturated rings. The topological polar surface area (TPSA) is 32.3 Å². The van der Waals surface area contributed by atoms with Crippen LogP contribution in [-0.4, -0.2) is 30.4 Å². The van der Waals surface area contributed by atoms with E-state index in [0.29, 0.717) is 12.6 Å². The number of benzene rings is 1. The van der Waals surface area contributed by atoms with Gasteiger partial charge in [0, 0.05) is 18.8 Å². The zero-order valence-corrected chi connectivity index (χ0v) is 10.6. The van der Waals surface area contributed by atoms with Crippen LogP contribution in [0.15, 0.2) is 24.3 Å². The summed E-state index contributed by atoms with van der Waals surface area (Å²) in [6.07, 6.45) is 3.30. The molecule has 1 N–H and O–H groups in total. The Kier molecular flexibility index (Phi) is 3.67. The number of amides is 1. The Hall–Kier alpha value is -1.51. The van der Waals surface area contributed by atoms with E-state index >= 15 is 0 Å². The molecule has 92 valence electrons. The summed E-state index contributed by atoms with van der Waals surface area (Å²) in [6.45, 7) is 2.52. The molecular weight excluding hydrogens is 212 g/mol. The normalized spacial score (nSPS) is 14.5. The fourth-order valence-electron chi connectivity index (χ4n) is 1.96. The molecule has 0 saturated heterocycles. The second kappa shape index (κ2) is 5.21. The van der Waals surface area contributed by atoms with E-state index in [1.807, 2.05) is 30.1 Å². The van der Waals surface area contributed by atoms with Crippen molar-refractivity contribution in [2.24, 2.45) is 0 Å². The predicted molar refractivity (Wildman–Crippen MR) is 70.1 cm³/mol. The number of likely N-dealkylation sites (N-methyl/N-ethyl adjacent to an activating group) is 1. The molecular formula is C14H20N2O. The van der Waals surface area contributed by atoms with Gasteiger partial charge in [0.1, 0.15) is 0 Å². The maximum atomic E-state index is 11.9. The minimum absolute atomic E-state index is 0.179. The first kappa shape index (κ1) is 12.0. The highest BCUT2D eigenvalue weighted by Gasteiger charge is 2.29. The Morgan fingerprint density at radius 2 is 2.12 bits per heavy atom. The van der Waals surface area contributed by atoms with E-state index in [1.165, 1.54) is 5.56 Å². The number of para-hydroxylation sites is 1. The van der Waals surface area contributed by atoms with E-state index in [1.54, 1.807) is 0 Å². The lowest BCUT2D eigenvalue weighted by atomic mass is 10.1. The van der Waals surface area contributed by atoms with Crippen molar-refractivity contribution in [3.63, 3.8) is 0 Å². The summed E-state index contributed by atoms with van der Waals surface area (Å²) in [5.74, 6) is 0.179. The van der Waals surface area contributed by atoms with Gasteiger partial charge in [-0.1, -0.05) is 25.1 Å². The Balaban J connectivity index is 1.90. The first-order chi connectivity index (χ1) is 8.22. The molecule has 0 aliphatic heterocycles. The standard InChI is InChI=1S/C14H20N2O/c1-3-11-6-4-5-7-13(11)15-10-14(17)16(2)12-8-9-12/h4-7,12,15H,3,8-10H2,1-2H3. The van der Waals surface area contributed by atoms with Gasteiger partial charge in [0.2, 0.25) is 5.91 Å². The van der Waals surface area contributed by atoms with Crippen LogP contribution >= 0.6 is 0 Å². The van der Waals surface area contributed by atoms with E-state index in [0.717, 1.165) is 24.9 Å². The quantitative estimate of drug-likeness (QED) is 0.844. The number of rotatable bonds is 5. The second-order valence-corrected chi connectivity index (χ2v) is 4.60. The average Bonchev–Trinajstić information content (AvgIpc) is 3.19. The fourth-order valence-corrected chi connectivity index (χ4v) is 1.96. The molecule has 1 aromatic rings. The monoisotopic (exact) mass is 232 g/mol. The first-order valence-corrected chi connectivity index (χ1v) is 6.29. The van der Waals surface area contributed by atoms with Crippen molar-refractivity contribution in [3.05, 3.63) is 29.8 Å². The van der Waals surface area contributed by atoms with E-state index < -0.39 is 0 Å². The van der Waals surface area contributed by atoms with Gasteiger partial charge < -0.3 is 10.2 Å². The summed E-state index contributed by atoms with van der Waals surface area (Å²) >= 11 is 0. The lowest BCUT2D eigenvalue weighted by Gasteiger charge is -2.17. The molecule has 2 rings (SSSR count). The number of nitrogens with one attached hydrogen (secondary N) is 1. The molecule has 1 amide bonds. The Morgan fingerprint density at radius 3 is 2.76 bits per heavy atom. The third kappa shape index (κ3) is 2.99. The Bertz CT molecular complexity index is 399. The third-order valence-electron chi connectivity index (χ3n) is 3.32. The number of hydrogen-bond donors (Lipinski definition) is 1. The van der Waals surface area contributed by atoms with E-state index in [4.69, 9.17) is 0 Å². The summed E-state index contributed by atoms with van der Waals surface area (Å²) in [5.41, 5.74) is 2.34. The van der Waals surface area contributed by atoms with Crippen LogP contribution in [0.5, 0.6) is 0 Å². The van der Waals surface area contributed by atoms with Crippen LogP contribution in [0.4, 0.5) is 5.69 Å². The van der Waals surface area contributed by atoms with E-state index in [9.17, 15) is 4.79 Å². The number of carbonyl (C=O) groups excluding carboxylic acids is 1. The molecule has 1 aromatic carbocycles. The molecule has 1 aliphatic rings. The van der Waals surface area contributed by atoms with Gasteiger partial charge in [-0.2, -0.15) is 0 Å². The van der Waals surface area contributed by atoms with Crippen LogP contribution in [0.25, 0.3) is 0 Å². The fraction of sp³-hybridized carbons (Fsp3) is 0.500. The molecule has 0 atom stereocenters. The lowest BCUT2D eigenvalue weighted by molar-refractivity contribution is -0.128. The lowest BCUT2D eigenvalue weighted by Crippen LogP contribution is -2.33. The molecule has 3 nitrogen and oxygen atoms in total. The maximum absolute atomic E-state index is 11.9. The molecule has 0 bridgehead atoms.